The highest BCUT2D eigenvalue weighted by molar-refractivity contribution is 4.92. The molecule has 0 saturated heterocycles. The third-order valence-corrected chi connectivity index (χ3v) is 3.37. The molecule has 14 heavy (non-hydrogen) atoms. The van der Waals surface area contributed by atoms with Crippen LogP contribution in [0.5, 0.6) is 0 Å². The van der Waals surface area contributed by atoms with Crippen molar-refractivity contribution < 1.29 is 10.2 Å². The van der Waals surface area contributed by atoms with E-state index in [1.54, 1.807) is 6.92 Å². The minimum Gasteiger partial charge on any atom is -0.394 e. The van der Waals surface area contributed by atoms with E-state index in [1.807, 2.05) is 6.92 Å². The molecule has 0 aromatic carbocycles. The molecule has 1 fully saturated rings. The minimum atomic E-state index is -0.361. The van der Waals surface area contributed by atoms with Crippen LogP contribution < -0.4 is 5.32 Å². The van der Waals surface area contributed by atoms with Gasteiger partial charge in [0.05, 0.1) is 12.7 Å². The molecule has 0 heterocycles. The Labute approximate surface area is 86.5 Å². The van der Waals surface area contributed by atoms with Gasteiger partial charge < -0.3 is 15.5 Å². The van der Waals surface area contributed by atoms with Gasteiger partial charge in [0.25, 0.3) is 0 Å². The summed E-state index contributed by atoms with van der Waals surface area (Å²) in [5.41, 5.74) is -0.130. The van der Waals surface area contributed by atoms with Gasteiger partial charge in [-0.2, -0.15) is 0 Å². The molecule has 0 spiro atoms. The minimum absolute atomic E-state index is 0.0558. The van der Waals surface area contributed by atoms with Crippen LogP contribution in [0.15, 0.2) is 0 Å². The molecule has 0 aliphatic heterocycles. The molecule has 1 aliphatic rings. The Balaban J connectivity index is 2.51. The van der Waals surface area contributed by atoms with Gasteiger partial charge in [0.1, 0.15) is 0 Å². The second-order valence-electron chi connectivity index (χ2n) is 4.67. The summed E-state index contributed by atoms with van der Waals surface area (Å²) in [4.78, 5) is 0. The van der Waals surface area contributed by atoms with Crippen LogP contribution in [0.4, 0.5) is 0 Å². The van der Waals surface area contributed by atoms with Crippen molar-refractivity contribution in [2.45, 2.75) is 63.6 Å². The molecule has 2 atom stereocenters. The molecule has 3 nitrogen and oxygen atoms in total. The second kappa shape index (κ2) is 5.10. The molecule has 1 aliphatic carbocycles. The first-order chi connectivity index (χ1) is 6.59. The van der Waals surface area contributed by atoms with Crippen molar-refractivity contribution in [1.29, 1.82) is 0 Å². The van der Waals surface area contributed by atoms with Crippen molar-refractivity contribution in [2.24, 2.45) is 0 Å². The predicted octanol–water partition coefficient (Wildman–Crippen LogP) is 1.04. The van der Waals surface area contributed by atoms with E-state index in [2.05, 4.69) is 5.32 Å². The number of nitrogens with one attached hydrogen (secondary N) is 1. The van der Waals surface area contributed by atoms with Crippen LogP contribution in [0.2, 0.25) is 0 Å². The quantitative estimate of drug-likeness (QED) is 0.637. The van der Waals surface area contributed by atoms with Crippen molar-refractivity contribution in [3.8, 4) is 0 Å². The molecular formula is C11H23NO2. The molecule has 0 aromatic heterocycles. The molecule has 0 aromatic rings. The molecular weight excluding hydrogens is 178 g/mol. The van der Waals surface area contributed by atoms with Gasteiger partial charge in [0.15, 0.2) is 0 Å². The highest BCUT2D eigenvalue weighted by atomic mass is 16.3. The Kier molecular flexibility index (Phi) is 4.35. The van der Waals surface area contributed by atoms with Gasteiger partial charge in [-0.3, -0.25) is 0 Å². The van der Waals surface area contributed by atoms with Gasteiger partial charge in [-0.05, 0) is 26.7 Å². The van der Waals surface area contributed by atoms with E-state index >= 15 is 0 Å². The second-order valence-corrected chi connectivity index (χ2v) is 4.67. The van der Waals surface area contributed by atoms with Crippen molar-refractivity contribution in [3.05, 3.63) is 0 Å². The van der Waals surface area contributed by atoms with E-state index in [0.717, 1.165) is 12.8 Å². The summed E-state index contributed by atoms with van der Waals surface area (Å²) in [6, 6.07) is 0.0558. The van der Waals surface area contributed by atoms with Crippen LogP contribution in [0.25, 0.3) is 0 Å². The highest BCUT2D eigenvalue weighted by Crippen LogP contribution is 2.28. The summed E-state index contributed by atoms with van der Waals surface area (Å²) < 4.78 is 0. The molecule has 1 saturated carbocycles. The fraction of sp³-hybridized carbons (Fsp3) is 1.00. The van der Waals surface area contributed by atoms with E-state index in [0.29, 0.717) is 0 Å². The lowest BCUT2D eigenvalue weighted by Gasteiger charge is -2.39. The lowest BCUT2D eigenvalue weighted by molar-refractivity contribution is 0.0738. The lowest BCUT2D eigenvalue weighted by Crippen LogP contribution is -2.55. The Morgan fingerprint density at radius 2 is 1.79 bits per heavy atom. The van der Waals surface area contributed by atoms with E-state index in [1.165, 1.54) is 19.3 Å². The lowest BCUT2D eigenvalue weighted by atomic mass is 9.81. The molecule has 2 unspecified atom stereocenters. The fourth-order valence-corrected chi connectivity index (χ4v) is 2.18. The highest BCUT2D eigenvalue weighted by Gasteiger charge is 2.32. The van der Waals surface area contributed by atoms with Crippen molar-refractivity contribution >= 4 is 0 Å². The van der Waals surface area contributed by atoms with Gasteiger partial charge in [-0.1, -0.05) is 19.3 Å². The third kappa shape index (κ3) is 2.94. The molecule has 3 N–H and O–H groups in total. The SMILES string of the molecule is CC(O)C(C)NC1(CO)CCCCC1. The number of aliphatic hydroxyl groups excluding tert-OH is 2. The first kappa shape index (κ1) is 12.0. The number of hydrogen-bond acceptors (Lipinski definition) is 3. The van der Waals surface area contributed by atoms with Gasteiger partial charge in [0.2, 0.25) is 0 Å². The normalized spacial score (nSPS) is 25.7. The van der Waals surface area contributed by atoms with Crippen LogP contribution in [-0.4, -0.2) is 34.5 Å². The summed E-state index contributed by atoms with van der Waals surface area (Å²) in [6.07, 6.45) is 5.33. The van der Waals surface area contributed by atoms with Crippen LogP contribution in [0, 0.1) is 0 Å². The largest absolute Gasteiger partial charge is 0.394 e. The van der Waals surface area contributed by atoms with Crippen LogP contribution >= 0.6 is 0 Å². The Morgan fingerprint density at radius 1 is 1.21 bits per heavy atom. The Hall–Kier alpha value is -0.120. The first-order valence-corrected chi connectivity index (χ1v) is 5.66. The maximum atomic E-state index is 9.43. The summed E-state index contributed by atoms with van der Waals surface area (Å²) >= 11 is 0. The van der Waals surface area contributed by atoms with Crippen molar-refractivity contribution in [1.82, 2.24) is 5.32 Å². The molecule has 3 heteroatoms. The zero-order valence-electron chi connectivity index (χ0n) is 9.29. The molecule has 1 rings (SSSR count). The topological polar surface area (TPSA) is 52.5 Å². The van der Waals surface area contributed by atoms with Gasteiger partial charge in [0, 0.05) is 11.6 Å². The number of hydrogen-bond donors (Lipinski definition) is 3. The van der Waals surface area contributed by atoms with E-state index in [4.69, 9.17) is 0 Å². The molecule has 0 amide bonds. The van der Waals surface area contributed by atoms with Crippen LogP contribution in [0.3, 0.4) is 0 Å². The molecule has 0 bridgehead atoms. The van der Waals surface area contributed by atoms with Crippen LogP contribution in [-0.2, 0) is 0 Å². The monoisotopic (exact) mass is 201 g/mol. The van der Waals surface area contributed by atoms with Gasteiger partial charge >= 0.3 is 0 Å². The summed E-state index contributed by atoms with van der Waals surface area (Å²) in [5, 5.41) is 22.2. The number of rotatable bonds is 4. The fourth-order valence-electron chi connectivity index (χ4n) is 2.18. The van der Waals surface area contributed by atoms with Gasteiger partial charge in [-0.15, -0.1) is 0 Å². The predicted molar refractivity (Wildman–Crippen MR) is 57.2 cm³/mol. The van der Waals surface area contributed by atoms with Gasteiger partial charge in [-0.25, -0.2) is 0 Å². The Bertz CT molecular complexity index is 165. The van der Waals surface area contributed by atoms with Crippen LogP contribution in [0.1, 0.15) is 46.0 Å². The summed E-state index contributed by atoms with van der Waals surface area (Å²) in [6.45, 7) is 3.94. The van der Waals surface area contributed by atoms with E-state index < -0.39 is 0 Å². The Morgan fingerprint density at radius 3 is 2.21 bits per heavy atom. The number of aliphatic hydroxyl groups is 2. The summed E-state index contributed by atoms with van der Waals surface area (Å²) in [5.74, 6) is 0. The third-order valence-electron chi connectivity index (χ3n) is 3.37. The molecule has 0 radical (unpaired) electrons. The summed E-state index contributed by atoms with van der Waals surface area (Å²) in [7, 11) is 0. The van der Waals surface area contributed by atoms with E-state index in [-0.39, 0.29) is 24.3 Å². The van der Waals surface area contributed by atoms with Crippen molar-refractivity contribution in [2.75, 3.05) is 6.61 Å². The smallest absolute Gasteiger partial charge is 0.0662 e. The first-order valence-electron chi connectivity index (χ1n) is 5.66. The van der Waals surface area contributed by atoms with E-state index in [9.17, 15) is 10.2 Å². The maximum Gasteiger partial charge on any atom is 0.0662 e. The zero-order valence-corrected chi connectivity index (χ0v) is 9.29. The van der Waals surface area contributed by atoms with Crippen molar-refractivity contribution in [3.63, 3.8) is 0 Å². The molecule has 84 valence electrons. The zero-order chi connectivity index (χ0) is 10.6. The maximum absolute atomic E-state index is 9.43. The average Bonchev–Trinajstić information content (AvgIpc) is 2.19. The standard InChI is InChI=1S/C11H23NO2/c1-9(10(2)14)12-11(8-13)6-4-3-5-7-11/h9-10,12-14H,3-8H2,1-2H3. The average molecular weight is 201 g/mol.